The third-order valence-corrected chi connectivity index (χ3v) is 4.00. The fourth-order valence-corrected chi connectivity index (χ4v) is 2.46. The third-order valence-electron chi connectivity index (χ3n) is 2.65. The fraction of sp³-hybridized carbons (Fsp3) is 0.0769. The molecule has 3 N–H and O–H groups in total. The van der Waals surface area contributed by atoms with Gasteiger partial charge in [-0.15, -0.1) is 0 Å². The summed E-state index contributed by atoms with van der Waals surface area (Å²) in [6.07, 6.45) is 4.38. The monoisotopic (exact) mass is 307 g/mol. The Morgan fingerprint density at radius 3 is 2.45 bits per heavy atom. The van der Waals surface area contributed by atoms with Crippen LogP contribution >= 0.6 is 12.2 Å². The first-order valence-electron chi connectivity index (χ1n) is 5.69. The minimum Gasteiger partial charge on any atom is -0.389 e. The molecule has 1 aromatic heterocycles. The van der Waals surface area contributed by atoms with Crippen molar-refractivity contribution in [3.63, 3.8) is 0 Å². The number of pyridine rings is 1. The average Bonchev–Trinajstić information content (AvgIpc) is 2.38. The van der Waals surface area contributed by atoms with Crippen molar-refractivity contribution in [3.8, 4) is 0 Å². The molecule has 2 rings (SSSR count). The van der Waals surface area contributed by atoms with Crippen LogP contribution in [0, 0.1) is 0 Å². The van der Waals surface area contributed by atoms with Gasteiger partial charge in [0.05, 0.1) is 16.8 Å². The smallest absolute Gasteiger partial charge is 0.175 e. The minimum absolute atomic E-state index is 0.266. The van der Waals surface area contributed by atoms with E-state index in [1.807, 2.05) is 0 Å². The molecule has 104 valence electrons. The highest BCUT2D eigenvalue weighted by atomic mass is 32.2. The number of thiocarbonyl (C=S) groups is 1. The predicted molar refractivity (Wildman–Crippen MR) is 83.0 cm³/mol. The zero-order valence-corrected chi connectivity index (χ0v) is 12.3. The Morgan fingerprint density at radius 1 is 1.25 bits per heavy atom. The van der Waals surface area contributed by atoms with Gasteiger partial charge in [0.15, 0.2) is 9.84 Å². The molecule has 1 heterocycles. The first kappa shape index (κ1) is 14.4. The Kier molecular flexibility index (Phi) is 4.01. The summed E-state index contributed by atoms with van der Waals surface area (Å²) >= 11 is 4.97. The van der Waals surface area contributed by atoms with E-state index >= 15 is 0 Å². The fourth-order valence-electron chi connectivity index (χ4n) is 1.65. The molecule has 0 unspecified atom stereocenters. The van der Waals surface area contributed by atoms with Crippen molar-refractivity contribution in [2.75, 3.05) is 11.6 Å². The van der Waals surface area contributed by atoms with Crippen molar-refractivity contribution in [1.82, 2.24) is 4.98 Å². The molecule has 2 aromatic rings. The second-order valence-electron chi connectivity index (χ2n) is 4.21. The number of nitrogens with two attached hydrogens (primary N) is 1. The van der Waals surface area contributed by atoms with Gasteiger partial charge < -0.3 is 11.1 Å². The summed E-state index contributed by atoms with van der Waals surface area (Å²) in [5, 5.41) is 3.11. The molecule has 1 aromatic carbocycles. The van der Waals surface area contributed by atoms with Gasteiger partial charge in [-0.05, 0) is 30.3 Å². The predicted octanol–water partition coefficient (Wildman–Crippen LogP) is 1.86. The summed E-state index contributed by atoms with van der Waals surface area (Å²) in [6.45, 7) is 0. The van der Waals surface area contributed by atoms with Gasteiger partial charge in [-0.3, -0.25) is 4.98 Å². The highest BCUT2D eigenvalue weighted by Gasteiger charge is 2.08. The van der Waals surface area contributed by atoms with Gasteiger partial charge in [-0.2, -0.15) is 0 Å². The number of aromatic nitrogens is 1. The van der Waals surface area contributed by atoms with Gasteiger partial charge in [-0.25, -0.2) is 8.42 Å². The van der Waals surface area contributed by atoms with E-state index < -0.39 is 9.84 Å². The molecule has 7 heteroatoms. The third kappa shape index (κ3) is 3.31. The standard InChI is InChI=1S/C13H13N3O2S2/c1-20(17,18)10-4-2-9(3-5-10)16-12-8-15-7-6-11(12)13(14)19/h2-8,16H,1H3,(H2,14,19). The lowest BCUT2D eigenvalue weighted by Crippen LogP contribution is -2.12. The molecule has 0 aliphatic heterocycles. The van der Waals surface area contributed by atoms with Crippen molar-refractivity contribution in [2.45, 2.75) is 4.90 Å². The van der Waals surface area contributed by atoms with Crippen molar-refractivity contribution >= 4 is 38.4 Å². The lowest BCUT2D eigenvalue weighted by Gasteiger charge is -2.10. The van der Waals surface area contributed by atoms with E-state index in [9.17, 15) is 8.42 Å². The Balaban J connectivity index is 2.30. The van der Waals surface area contributed by atoms with Crippen molar-refractivity contribution < 1.29 is 8.42 Å². The van der Waals surface area contributed by atoms with E-state index in [2.05, 4.69) is 10.3 Å². The number of nitrogens with one attached hydrogen (secondary N) is 1. The number of nitrogens with zero attached hydrogens (tertiary/aromatic N) is 1. The summed E-state index contributed by atoms with van der Waals surface area (Å²) in [6, 6.07) is 8.14. The van der Waals surface area contributed by atoms with Crippen LogP contribution in [0.1, 0.15) is 5.56 Å². The van der Waals surface area contributed by atoms with E-state index in [1.54, 1.807) is 30.6 Å². The Hall–Kier alpha value is -1.99. The normalized spacial score (nSPS) is 11.1. The molecule has 5 nitrogen and oxygen atoms in total. The highest BCUT2D eigenvalue weighted by molar-refractivity contribution is 7.90. The zero-order valence-electron chi connectivity index (χ0n) is 10.7. The van der Waals surface area contributed by atoms with Crippen LogP contribution < -0.4 is 11.1 Å². The van der Waals surface area contributed by atoms with Gasteiger partial charge in [0.25, 0.3) is 0 Å². The van der Waals surface area contributed by atoms with Crippen molar-refractivity contribution in [2.24, 2.45) is 5.73 Å². The second-order valence-corrected chi connectivity index (χ2v) is 6.66. The Morgan fingerprint density at radius 2 is 1.90 bits per heavy atom. The lowest BCUT2D eigenvalue weighted by atomic mass is 10.2. The van der Waals surface area contributed by atoms with Crippen LogP contribution in [0.4, 0.5) is 11.4 Å². The van der Waals surface area contributed by atoms with Gasteiger partial charge >= 0.3 is 0 Å². The number of sulfone groups is 1. The maximum atomic E-state index is 11.4. The molecule has 0 saturated carbocycles. The molecule has 0 bridgehead atoms. The van der Waals surface area contributed by atoms with Crippen LogP contribution in [-0.4, -0.2) is 24.6 Å². The van der Waals surface area contributed by atoms with Crippen LogP contribution in [0.15, 0.2) is 47.6 Å². The Labute approximate surface area is 122 Å². The maximum Gasteiger partial charge on any atom is 0.175 e. The summed E-state index contributed by atoms with van der Waals surface area (Å²) in [7, 11) is -3.19. The van der Waals surface area contributed by atoms with E-state index in [0.29, 0.717) is 11.3 Å². The molecule has 0 radical (unpaired) electrons. The van der Waals surface area contributed by atoms with Crippen LogP contribution in [0.3, 0.4) is 0 Å². The van der Waals surface area contributed by atoms with Crippen LogP contribution in [0.25, 0.3) is 0 Å². The number of anilines is 2. The van der Waals surface area contributed by atoms with E-state index in [1.165, 1.54) is 18.4 Å². The van der Waals surface area contributed by atoms with Gasteiger partial charge in [-0.1, -0.05) is 12.2 Å². The average molecular weight is 307 g/mol. The zero-order chi connectivity index (χ0) is 14.8. The minimum atomic E-state index is -3.19. The van der Waals surface area contributed by atoms with Gasteiger partial charge in [0.2, 0.25) is 0 Å². The molecular formula is C13H13N3O2S2. The summed E-state index contributed by atoms with van der Waals surface area (Å²) < 4.78 is 22.8. The quantitative estimate of drug-likeness (QED) is 0.839. The molecule has 0 saturated heterocycles. The number of hydrogen-bond acceptors (Lipinski definition) is 5. The summed E-state index contributed by atoms with van der Waals surface area (Å²) in [5.74, 6) is 0. The van der Waals surface area contributed by atoms with Gasteiger partial charge in [0.1, 0.15) is 4.99 Å². The topological polar surface area (TPSA) is 85.1 Å². The molecule has 20 heavy (non-hydrogen) atoms. The summed E-state index contributed by atoms with van der Waals surface area (Å²) in [5.41, 5.74) is 7.71. The number of rotatable bonds is 4. The maximum absolute atomic E-state index is 11.4. The van der Waals surface area contributed by atoms with Crippen molar-refractivity contribution in [1.29, 1.82) is 0 Å². The van der Waals surface area contributed by atoms with Crippen molar-refractivity contribution in [3.05, 3.63) is 48.3 Å². The largest absolute Gasteiger partial charge is 0.389 e. The van der Waals surface area contributed by atoms with E-state index in [4.69, 9.17) is 18.0 Å². The SMILES string of the molecule is CS(=O)(=O)c1ccc(Nc2cnccc2C(N)=S)cc1. The molecule has 0 atom stereocenters. The van der Waals surface area contributed by atoms with Crippen LogP contribution in [0.5, 0.6) is 0 Å². The second kappa shape index (κ2) is 5.56. The molecule has 0 spiro atoms. The molecule has 0 fully saturated rings. The number of hydrogen-bond donors (Lipinski definition) is 2. The lowest BCUT2D eigenvalue weighted by molar-refractivity contribution is 0.602. The number of benzene rings is 1. The first-order valence-corrected chi connectivity index (χ1v) is 7.99. The highest BCUT2D eigenvalue weighted by Crippen LogP contribution is 2.21. The Bertz CT molecular complexity index is 740. The van der Waals surface area contributed by atoms with Crippen LogP contribution in [-0.2, 0) is 9.84 Å². The first-order chi connectivity index (χ1) is 9.38. The summed E-state index contributed by atoms with van der Waals surface area (Å²) in [4.78, 5) is 4.54. The molecular weight excluding hydrogens is 294 g/mol. The van der Waals surface area contributed by atoms with Gasteiger partial charge in [0, 0.05) is 23.7 Å². The van der Waals surface area contributed by atoms with Crippen LogP contribution in [0.2, 0.25) is 0 Å². The van der Waals surface area contributed by atoms with E-state index in [-0.39, 0.29) is 9.88 Å². The van der Waals surface area contributed by atoms with E-state index in [0.717, 1.165) is 5.69 Å². The molecule has 0 amide bonds. The molecule has 0 aliphatic rings. The molecule has 0 aliphatic carbocycles.